The van der Waals surface area contributed by atoms with Gasteiger partial charge < -0.3 is 18.9 Å². The van der Waals surface area contributed by atoms with Crippen LogP contribution in [0.1, 0.15) is 232 Å². The van der Waals surface area contributed by atoms with Gasteiger partial charge in [0.1, 0.15) is 19.3 Å². The second-order valence-electron chi connectivity index (χ2n) is 18.9. The van der Waals surface area contributed by atoms with Crippen molar-refractivity contribution in [1.29, 1.82) is 0 Å². The molecule has 9 heteroatoms. The molecule has 0 aliphatic rings. The van der Waals surface area contributed by atoms with Gasteiger partial charge in [-0.15, -0.1) is 0 Å². The second kappa shape index (κ2) is 47.0. The van der Waals surface area contributed by atoms with Crippen LogP contribution in [0.2, 0.25) is 0 Å². The van der Waals surface area contributed by atoms with Gasteiger partial charge in [0.05, 0.1) is 34.4 Å². The topological polar surface area (TPSA) is 91.3 Å². The molecule has 63 heavy (non-hydrogen) atoms. The molecule has 0 fully saturated rings. The van der Waals surface area contributed by atoms with Crippen LogP contribution in [0, 0.1) is 0 Å². The summed E-state index contributed by atoms with van der Waals surface area (Å²) in [6.45, 7) is 5.50. The van der Waals surface area contributed by atoms with Gasteiger partial charge in [-0.05, 0) is 51.4 Å². The predicted molar refractivity (Wildman–Crippen MR) is 270 cm³/mol. The van der Waals surface area contributed by atoms with E-state index in [1.165, 1.54) is 141 Å². The quantitative estimate of drug-likeness (QED) is 0.0214. The summed E-state index contributed by atoms with van der Waals surface area (Å²) in [6, 6.07) is 0. The van der Waals surface area contributed by atoms with Crippen LogP contribution in [0.25, 0.3) is 0 Å². The van der Waals surface area contributed by atoms with Gasteiger partial charge in [-0.1, -0.05) is 223 Å². The third-order valence-corrected chi connectivity index (χ3v) is 12.4. The SMILES string of the molecule is CC/C=C\C/C=C\C/C=C\C/C=C\CCCCCCCOCC(COP(=O)(O)OCC[N+](C)(C)C)OC(=O)CCCCCCCCCCCCCCCCCCCCCCCCC. The summed E-state index contributed by atoms with van der Waals surface area (Å²) in [6.07, 6.45) is 58.8. The minimum atomic E-state index is -4.29. The first-order valence-electron chi connectivity index (χ1n) is 26.4. The van der Waals surface area contributed by atoms with Crippen LogP contribution in [-0.2, 0) is 27.9 Å². The van der Waals surface area contributed by atoms with Crippen molar-refractivity contribution in [3.63, 3.8) is 0 Å². The van der Waals surface area contributed by atoms with Crippen LogP contribution in [0.5, 0.6) is 0 Å². The Morgan fingerprint density at radius 3 is 1.38 bits per heavy atom. The molecule has 0 amide bonds. The molecule has 0 saturated heterocycles. The van der Waals surface area contributed by atoms with E-state index >= 15 is 0 Å². The van der Waals surface area contributed by atoms with Crippen molar-refractivity contribution in [2.45, 2.75) is 238 Å². The summed E-state index contributed by atoms with van der Waals surface area (Å²) in [7, 11) is 1.66. The lowest BCUT2D eigenvalue weighted by molar-refractivity contribution is -0.870. The molecule has 1 N–H and O–H groups in total. The Kier molecular flexibility index (Phi) is 45.8. The van der Waals surface area contributed by atoms with E-state index in [2.05, 4.69) is 62.5 Å². The Balaban J connectivity index is 4.12. The molecule has 370 valence electrons. The molecule has 0 bridgehead atoms. The normalized spacial score (nSPS) is 13.9. The number of phosphoric acid groups is 1. The van der Waals surface area contributed by atoms with Gasteiger partial charge in [-0.2, -0.15) is 0 Å². The van der Waals surface area contributed by atoms with E-state index in [0.717, 1.165) is 70.6 Å². The average molecular weight is 909 g/mol. The van der Waals surface area contributed by atoms with Gasteiger partial charge in [0, 0.05) is 13.0 Å². The molecule has 0 aromatic carbocycles. The van der Waals surface area contributed by atoms with Gasteiger partial charge in [0.15, 0.2) is 0 Å². The number of ether oxygens (including phenoxy) is 2. The fraction of sp³-hybridized carbons (Fsp3) is 0.833. The van der Waals surface area contributed by atoms with Crippen LogP contribution in [0.15, 0.2) is 48.6 Å². The summed E-state index contributed by atoms with van der Waals surface area (Å²) in [5.74, 6) is -0.317. The number of phosphoric ester groups is 1. The van der Waals surface area contributed by atoms with E-state index in [4.69, 9.17) is 18.5 Å². The molecule has 0 aliphatic heterocycles. The Hall–Kier alpha value is -1.54. The molecule has 0 radical (unpaired) electrons. The fourth-order valence-electron chi connectivity index (χ4n) is 7.37. The summed E-state index contributed by atoms with van der Waals surface area (Å²) in [5, 5.41) is 0. The lowest BCUT2D eigenvalue weighted by Crippen LogP contribution is -2.37. The molecule has 0 aromatic heterocycles. The largest absolute Gasteiger partial charge is 0.472 e. The number of allylic oxidation sites excluding steroid dienone is 8. The van der Waals surface area contributed by atoms with E-state index in [9.17, 15) is 14.3 Å². The predicted octanol–water partition coefficient (Wildman–Crippen LogP) is 16.3. The monoisotopic (exact) mass is 909 g/mol. The number of quaternary nitrogens is 1. The zero-order chi connectivity index (χ0) is 46.2. The van der Waals surface area contributed by atoms with E-state index in [1.54, 1.807) is 0 Å². The number of rotatable bonds is 49. The van der Waals surface area contributed by atoms with Gasteiger partial charge in [0.25, 0.3) is 0 Å². The van der Waals surface area contributed by atoms with Crippen molar-refractivity contribution in [3.05, 3.63) is 48.6 Å². The van der Waals surface area contributed by atoms with Gasteiger partial charge in [-0.3, -0.25) is 13.8 Å². The molecule has 0 saturated carbocycles. The number of hydrogen-bond acceptors (Lipinski definition) is 6. The molecule has 0 aliphatic carbocycles. The first kappa shape index (κ1) is 61.5. The minimum Gasteiger partial charge on any atom is -0.457 e. The molecule has 2 unspecified atom stereocenters. The highest BCUT2D eigenvalue weighted by atomic mass is 31.2. The van der Waals surface area contributed by atoms with Crippen molar-refractivity contribution in [1.82, 2.24) is 0 Å². The first-order chi connectivity index (χ1) is 30.6. The number of carbonyl (C=O) groups excluding carboxylic acids is 1. The third kappa shape index (κ3) is 51.3. The van der Waals surface area contributed by atoms with E-state index in [0.29, 0.717) is 24.1 Å². The average Bonchev–Trinajstić information content (AvgIpc) is 3.24. The highest BCUT2D eigenvalue weighted by Gasteiger charge is 2.26. The fourth-order valence-corrected chi connectivity index (χ4v) is 8.11. The van der Waals surface area contributed by atoms with Crippen molar-refractivity contribution < 1.29 is 37.3 Å². The Bertz CT molecular complexity index is 1150. The number of esters is 1. The summed E-state index contributed by atoms with van der Waals surface area (Å²) in [5.41, 5.74) is 0. The maximum atomic E-state index is 12.8. The first-order valence-corrected chi connectivity index (χ1v) is 27.9. The van der Waals surface area contributed by atoms with Gasteiger partial charge >= 0.3 is 13.8 Å². The molecule has 0 spiro atoms. The summed E-state index contributed by atoms with van der Waals surface area (Å²) >= 11 is 0. The second-order valence-corrected chi connectivity index (χ2v) is 20.3. The molecule has 2 atom stereocenters. The summed E-state index contributed by atoms with van der Waals surface area (Å²) in [4.78, 5) is 23.0. The molecular formula is C54H103NO7P+. The van der Waals surface area contributed by atoms with Crippen LogP contribution < -0.4 is 0 Å². The van der Waals surface area contributed by atoms with Crippen LogP contribution in [-0.4, -0.2) is 75.6 Å². The van der Waals surface area contributed by atoms with Gasteiger partial charge in [0.2, 0.25) is 0 Å². The number of nitrogens with zero attached hydrogens (tertiary/aromatic N) is 1. The number of hydrogen-bond donors (Lipinski definition) is 1. The number of unbranched alkanes of at least 4 members (excludes halogenated alkanes) is 27. The Labute approximate surface area is 390 Å². The van der Waals surface area contributed by atoms with Crippen LogP contribution >= 0.6 is 7.82 Å². The summed E-state index contributed by atoms with van der Waals surface area (Å²) < 4.78 is 35.2. The van der Waals surface area contributed by atoms with Crippen molar-refractivity contribution in [3.8, 4) is 0 Å². The number of likely N-dealkylation sites (N-methyl/N-ethyl adjacent to an activating group) is 1. The van der Waals surface area contributed by atoms with E-state index in [-0.39, 0.29) is 25.8 Å². The maximum Gasteiger partial charge on any atom is 0.472 e. The van der Waals surface area contributed by atoms with Crippen molar-refractivity contribution in [2.24, 2.45) is 0 Å². The van der Waals surface area contributed by atoms with E-state index in [1.807, 2.05) is 21.1 Å². The molecule has 8 nitrogen and oxygen atoms in total. The highest BCUT2D eigenvalue weighted by molar-refractivity contribution is 7.47. The third-order valence-electron chi connectivity index (χ3n) is 11.4. The number of carbonyl (C=O) groups is 1. The minimum absolute atomic E-state index is 0.0845. The molecule has 0 heterocycles. The molecular weight excluding hydrogens is 806 g/mol. The zero-order valence-electron chi connectivity index (χ0n) is 42.1. The highest BCUT2D eigenvalue weighted by Crippen LogP contribution is 2.43. The lowest BCUT2D eigenvalue weighted by Gasteiger charge is -2.24. The zero-order valence-corrected chi connectivity index (χ0v) is 43.0. The van der Waals surface area contributed by atoms with Crippen molar-refractivity contribution >= 4 is 13.8 Å². The Morgan fingerprint density at radius 2 is 0.921 bits per heavy atom. The lowest BCUT2D eigenvalue weighted by atomic mass is 10.0. The maximum absolute atomic E-state index is 12.8. The standard InChI is InChI=1S/C54H102NO7P/c1-6-8-10-12-14-16-18-20-22-24-26-27-28-29-30-31-33-35-37-39-41-43-45-47-54(56)62-53(52-61-63(57,58)60-50-48-55(3,4)5)51-59-49-46-44-42-40-38-36-34-32-25-23-21-19-17-15-13-11-9-7-2/h9,11,15,17,21,23,32,34,53H,6-8,10,12-14,16,18-20,22,24-31,33,35-52H2,1-5H3/p+1/b11-9-,17-15-,23-21-,34-32-. The molecule has 0 rings (SSSR count). The van der Waals surface area contributed by atoms with Crippen molar-refractivity contribution in [2.75, 3.05) is 54.1 Å². The smallest absolute Gasteiger partial charge is 0.457 e. The molecule has 0 aromatic rings. The Morgan fingerprint density at radius 1 is 0.508 bits per heavy atom. The van der Waals surface area contributed by atoms with Crippen LogP contribution in [0.3, 0.4) is 0 Å². The van der Waals surface area contributed by atoms with Gasteiger partial charge in [-0.25, -0.2) is 4.57 Å². The van der Waals surface area contributed by atoms with Crippen LogP contribution in [0.4, 0.5) is 0 Å². The van der Waals surface area contributed by atoms with E-state index < -0.39 is 13.9 Å².